The van der Waals surface area contributed by atoms with Crippen LogP contribution in [0.1, 0.15) is 12.8 Å². The van der Waals surface area contributed by atoms with Crippen molar-refractivity contribution in [2.75, 3.05) is 0 Å². The largest absolute Gasteiger partial charge is 1.00 e. The topological polar surface area (TPSA) is 255 Å². The number of carboxylic acids is 3. The third-order valence-corrected chi connectivity index (χ3v) is 1.29. The first-order valence-electron chi connectivity index (χ1n) is 3.80. The van der Waals surface area contributed by atoms with Gasteiger partial charge in [0, 0.05) is 0 Å². The van der Waals surface area contributed by atoms with Gasteiger partial charge in [0.05, 0.1) is 12.8 Å². The van der Waals surface area contributed by atoms with E-state index in [1.807, 2.05) is 0 Å². The molecule has 0 spiro atoms. The Kier molecular flexibility index (Phi) is 21.8. The fourth-order valence-corrected chi connectivity index (χ4v) is 0.714. The van der Waals surface area contributed by atoms with Crippen LogP contribution < -0.4 is 34.7 Å². The van der Waals surface area contributed by atoms with Crippen LogP contribution in [0.5, 0.6) is 0 Å². The van der Waals surface area contributed by atoms with Crippen molar-refractivity contribution in [1.82, 2.24) is 0 Å². The van der Waals surface area contributed by atoms with Gasteiger partial charge in [-0.15, -0.1) is 0 Å². The molecule has 0 saturated carbocycles. The number of carboxylic acid groups (broad SMARTS) is 5. The number of aliphatic hydroxyl groups is 1. The normalized spacial score (nSPS) is 8.25. The molecule has 9 N–H and O–H groups in total. The number of carbonyl (C=O) groups is 4. The van der Waals surface area contributed by atoms with Gasteiger partial charge in [0.15, 0.2) is 5.60 Å². The van der Waals surface area contributed by atoms with Crippen LogP contribution in [0.2, 0.25) is 0 Å². The minimum Gasteiger partial charge on any atom is -0.565 e. The van der Waals surface area contributed by atoms with E-state index in [1.165, 1.54) is 0 Å². The summed E-state index contributed by atoms with van der Waals surface area (Å²) in [5.41, 5.74) is -2.74. The minimum atomic E-state index is -2.74. The van der Waals surface area contributed by atoms with E-state index in [2.05, 4.69) is 0 Å². The first kappa shape index (κ1) is 31.1. The summed E-state index contributed by atoms with van der Waals surface area (Å²) in [6.45, 7) is 0. The molecule has 0 aromatic rings. The van der Waals surface area contributed by atoms with E-state index >= 15 is 0 Å². The van der Waals surface area contributed by atoms with Crippen molar-refractivity contribution in [2.45, 2.75) is 18.4 Å². The third kappa shape index (κ3) is 18.9. The number of aliphatic carboxylic acids is 3. The summed E-state index contributed by atoms with van der Waals surface area (Å²) < 4.78 is 0. The molecule has 0 aliphatic rings. The van der Waals surface area contributed by atoms with Crippen molar-refractivity contribution in [3.8, 4) is 0 Å². The van der Waals surface area contributed by atoms with E-state index < -0.39 is 42.5 Å². The molecule has 0 amide bonds. The molecule has 0 bridgehead atoms. The van der Waals surface area contributed by atoms with Crippen molar-refractivity contribution in [3.63, 3.8) is 0 Å². The zero-order valence-electron chi connectivity index (χ0n) is 10.2. The molecule has 20 heavy (non-hydrogen) atoms. The van der Waals surface area contributed by atoms with Crippen LogP contribution in [-0.2, 0) is 14.4 Å². The molecule has 0 rings (SSSR count). The molecule has 0 saturated heterocycles. The predicted octanol–water partition coefficient (Wildman–Crippen LogP) is -7.01. The first-order chi connectivity index (χ1) is 7.51. The fraction of sp³-hybridized carbons (Fsp3) is 0.429. The van der Waals surface area contributed by atoms with E-state index in [4.69, 9.17) is 35.4 Å². The van der Waals surface area contributed by atoms with Crippen molar-refractivity contribution in [1.29, 1.82) is 0 Å². The van der Waals surface area contributed by atoms with Gasteiger partial charge >= 0.3 is 47.5 Å². The molecule has 0 heterocycles. The van der Waals surface area contributed by atoms with Gasteiger partial charge in [-0.3, -0.25) is 9.59 Å². The molecular weight excluding hydrogens is 299 g/mol. The quantitative estimate of drug-likeness (QED) is 0.299. The Labute approximate surface area is 133 Å². The van der Waals surface area contributed by atoms with Crippen molar-refractivity contribution >= 4 is 24.1 Å². The Bertz CT molecular complexity index is 306. The van der Waals surface area contributed by atoms with E-state index in [9.17, 15) is 14.4 Å². The Balaban J connectivity index is -0.0000000951. The molecule has 0 aromatic carbocycles. The summed E-state index contributed by atoms with van der Waals surface area (Å²) in [5, 5.41) is 49.1. The molecule has 0 radical (unpaired) electrons. The molecule has 0 atom stereocenters. The monoisotopic (exact) mass is 312 g/mol. The van der Waals surface area contributed by atoms with Crippen LogP contribution in [-0.4, -0.2) is 66.1 Å². The van der Waals surface area contributed by atoms with Gasteiger partial charge in [-0.2, -0.15) is 0 Å². The molecule has 0 aliphatic heterocycles. The summed E-state index contributed by atoms with van der Waals surface area (Å²) in [6, 6.07) is 0. The average Bonchev–Trinajstić information content (AvgIpc) is 1.98. The van der Waals surface area contributed by atoms with Gasteiger partial charge in [0.2, 0.25) is 6.16 Å². The Morgan fingerprint density at radius 2 is 1.05 bits per heavy atom. The molecule has 0 aliphatic carbocycles. The average molecular weight is 312 g/mol. The third-order valence-electron chi connectivity index (χ3n) is 1.29. The Morgan fingerprint density at radius 1 is 0.850 bits per heavy atom. The van der Waals surface area contributed by atoms with Crippen LogP contribution in [0.4, 0.5) is 4.79 Å². The molecule has 0 fully saturated rings. The van der Waals surface area contributed by atoms with Crippen molar-refractivity contribution < 1.29 is 90.3 Å². The van der Waals surface area contributed by atoms with E-state index in [0.717, 1.165) is 0 Å². The molecule has 13 heteroatoms. The molecule has 114 valence electrons. The van der Waals surface area contributed by atoms with Crippen molar-refractivity contribution in [3.05, 3.63) is 0 Å². The van der Waals surface area contributed by atoms with Crippen LogP contribution in [0.3, 0.4) is 0 Å². The molecule has 0 unspecified atom stereocenters. The maximum absolute atomic E-state index is 10.3. The fourth-order valence-electron chi connectivity index (χ4n) is 0.714. The Morgan fingerprint density at radius 3 is 1.15 bits per heavy atom. The van der Waals surface area contributed by atoms with Crippen LogP contribution >= 0.6 is 0 Å². The van der Waals surface area contributed by atoms with Gasteiger partial charge < -0.3 is 46.4 Å². The van der Waals surface area contributed by atoms with E-state index in [-0.39, 0.29) is 40.5 Å². The zero-order chi connectivity index (χ0) is 14.2. The second-order valence-corrected chi connectivity index (χ2v) is 2.74. The predicted molar refractivity (Wildman–Crippen MR) is 52.3 cm³/mol. The number of rotatable bonds is 5. The second kappa shape index (κ2) is 14.0. The van der Waals surface area contributed by atoms with E-state index in [0.29, 0.717) is 0 Å². The Hall–Kier alpha value is -1.44. The van der Waals surface area contributed by atoms with Crippen LogP contribution in [0.25, 0.3) is 0 Å². The molecule has 12 nitrogen and oxygen atoms in total. The summed E-state index contributed by atoms with van der Waals surface area (Å²) in [4.78, 5) is 38.9. The van der Waals surface area contributed by atoms with Crippen LogP contribution in [0.15, 0.2) is 0 Å². The first-order valence-corrected chi connectivity index (χ1v) is 3.80. The summed E-state index contributed by atoms with van der Waals surface area (Å²) in [6.07, 6.45) is -4.37. The van der Waals surface area contributed by atoms with Gasteiger partial charge in [-0.25, -0.2) is 4.79 Å². The second-order valence-electron chi connectivity index (χ2n) is 2.74. The summed E-state index contributed by atoms with van der Waals surface area (Å²) >= 11 is 0. The number of hydrogen-bond donors (Lipinski definition) is 5. The maximum Gasteiger partial charge on any atom is 1.00 e. The van der Waals surface area contributed by atoms with Gasteiger partial charge in [0.1, 0.15) is 0 Å². The number of hydrogen-bond acceptors (Lipinski definition) is 6. The molecular formula is C7H13NaO12. The maximum atomic E-state index is 10.3. The van der Waals surface area contributed by atoms with Gasteiger partial charge in [-0.05, 0) is 0 Å². The zero-order valence-corrected chi connectivity index (χ0v) is 12.2. The van der Waals surface area contributed by atoms with Crippen molar-refractivity contribution in [2.24, 2.45) is 0 Å². The SMILES string of the molecule is O.O.O=C(O)CC(O)(CC(=O)O)C(=O)O.O=C([O-])O.[Na+]. The van der Waals surface area contributed by atoms with E-state index in [1.54, 1.807) is 0 Å². The molecule has 0 aromatic heterocycles. The van der Waals surface area contributed by atoms with Gasteiger partial charge in [0.25, 0.3) is 0 Å². The minimum absolute atomic E-state index is 0. The van der Waals surface area contributed by atoms with Gasteiger partial charge in [-0.1, -0.05) is 0 Å². The summed E-state index contributed by atoms with van der Waals surface area (Å²) in [5.74, 6) is -5.02. The smallest absolute Gasteiger partial charge is 0.565 e. The standard InChI is InChI=1S/C6H8O7.CH2O3.Na.2H2O/c7-3(8)1-6(13,5(11)12)2-4(9)10;2-1(3)4;;;/h13H,1-2H2,(H,7,8)(H,9,10)(H,11,12);(H2,2,3,4);;2*1H2/q;;+1;;/p-1. The van der Waals surface area contributed by atoms with Crippen LogP contribution in [0, 0.1) is 0 Å². The summed E-state index contributed by atoms with van der Waals surface area (Å²) in [7, 11) is 0.